The first-order chi connectivity index (χ1) is 10.2. The molecule has 1 amide bonds. The van der Waals surface area contributed by atoms with E-state index in [1.807, 2.05) is 18.2 Å². The highest BCUT2D eigenvalue weighted by Gasteiger charge is 2.23. The van der Waals surface area contributed by atoms with E-state index in [2.05, 4.69) is 17.6 Å². The Kier molecular flexibility index (Phi) is 5.44. The number of methoxy groups -OCH3 is 2. The van der Waals surface area contributed by atoms with E-state index in [1.54, 1.807) is 14.2 Å². The summed E-state index contributed by atoms with van der Waals surface area (Å²) < 4.78 is 10.6. The third-order valence-electron chi connectivity index (χ3n) is 3.67. The maximum atomic E-state index is 11.8. The zero-order chi connectivity index (χ0) is 15.2. The number of ether oxygens (including phenoxy) is 2. The Hall–Kier alpha value is -1.75. The van der Waals surface area contributed by atoms with Crippen LogP contribution >= 0.6 is 0 Å². The summed E-state index contributed by atoms with van der Waals surface area (Å²) in [5.74, 6) is 1.48. The summed E-state index contributed by atoms with van der Waals surface area (Å²) >= 11 is 0. The van der Waals surface area contributed by atoms with Gasteiger partial charge >= 0.3 is 0 Å². The van der Waals surface area contributed by atoms with Crippen LogP contribution in [0.15, 0.2) is 18.2 Å². The Bertz CT molecular complexity index is 486. The summed E-state index contributed by atoms with van der Waals surface area (Å²) in [5.41, 5.74) is 1.09. The summed E-state index contributed by atoms with van der Waals surface area (Å²) in [4.78, 5) is 11.8. The van der Waals surface area contributed by atoms with Crippen molar-refractivity contribution in [1.82, 2.24) is 10.6 Å². The normalized spacial score (nSPS) is 15.4. The van der Waals surface area contributed by atoms with Gasteiger partial charge in [0, 0.05) is 12.1 Å². The molecule has 0 spiro atoms. The van der Waals surface area contributed by atoms with Gasteiger partial charge in [-0.05, 0) is 37.0 Å². The van der Waals surface area contributed by atoms with Crippen molar-refractivity contribution in [3.8, 4) is 11.5 Å². The van der Waals surface area contributed by atoms with E-state index in [-0.39, 0.29) is 11.9 Å². The molecular formula is C16H24N2O3. The first-order valence-corrected chi connectivity index (χ1v) is 7.42. The first kappa shape index (κ1) is 15.6. The maximum Gasteiger partial charge on any atom is 0.234 e. The Balaban J connectivity index is 1.97. The Morgan fingerprint density at radius 2 is 2.00 bits per heavy atom. The SMILES string of the molecule is CCC(NCC(=O)NC1CC1)c1ccc(OC)c(OC)c1. The predicted molar refractivity (Wildman–Crippen MR) is 81.7 cm³/mol. The van der Waals surface area contributed by atoms with Crippen LogP contribution in [0.3, 0.4) is 0 Å². The average Bonchev–Trinajstić information content (AvgIpc) is 3.31. The van der Waals surface area contributed by atoms with Crippen LogP contribution in [-0.4, -0.2) is 32.7 Å². The molecule has 1 fully saturated rings. The van der Waals surface area contributed by atoms with E-state index in [9.17, 15) is 4.79 Å². The molecule has 5 nitrogen and oxygen atoms in total. The largest absolute Gasteiger partial charge is 0.493 e. The van der Waals surface area contributed by atoms with Gasteiger partial charge < -0.3 is 20.1 Å². The minimum atomic E-state index is 0.0661. The number of carbonyl (C=O) groups is 1. The summed E-state index contributed by atoms with van der Waals surface area (Å²) in [7, 11) is 3.24. The van der Waals surface area contributed by atoms with E-state index in [0.29, 0.717) is 24.1 Å². The molecule has 1 aromatic carbocycles. The number of rotatable bonds is 8. The number of carbonyl (C=O) groups excluding carboxylic acids is 1. The topological polar surface area (TPSA) is 59.6 Å². The van der Waals surface area contributed by atoms with E-state index in [1.165, 1.54) is 0 Å². The Morgan fingerprint density at radius 1 is 1.29 bits per heavy atom. The second-order valence-electron chi connectivity index (χ2n) is 5.30. The van der Waals surface area contributed by atoms with Crippen molar-refractivity contribution in [3.05, 3.63) is 23.8 Å². The number of amides is 1. The van der Waals surface area contributed by atoms with E-state index < -0.39 is 0 Å². The van der Waals surface area contributed by atoms with Crippen molar-refractivity contribution < 1.29 is 14.3 Å². The summed E-state index contributed by atoms with van der Waals surface area (Å²) in [6.07, 6.45) is 3.11. The van der Waals surface area contributed by atoms with Gasteiger partial charge in [-0.15, -0.1) is 0 Å². The maximum absolute atomic E-state index is 11.8. The molecule has 1 aliphatic carbocycles. The highest BCUT2D eigenvalue weighted by molar-refractivity contribution is 5.78. The molecule has 0 aromatic heterocycles. The third-order valence-corrected chi connectivity index (χ3v) is 3.67. The van der Waals surface area contributed by atoms with Crippen molar-refractivity contribution in [2.24, 2.45) is 0 Å². The second kappa shape index (κ2) is 7.31. The van der Waals surface area contributed by atoms with Crippen molar-refractivity contribution >= 4 is 5.91 Å². The zero-order valence-corrected chi connectivity index (χ0v) is 12.9. The Morgan fingerprint density at radius 3 is 2.57 bits per heavy atom. The lowest BCUT2D eigenvalue weighted by atomic mass is 10.0. The third kappa shape index (κ3) is 4.36. The molecule has 21 heavy (non-hydrogen) atoms. The van der Waals surface area contributed by atoms with Gasteiger partial charge in [0.15, 0.2) is 11.5 Å². The van der Waals surface area contributed by atoms with Gasteiger partial charge in [-0.1, -0.05) is 13.0 Å². The van der Waals surface area contributed by atoms with Crippen LogP contribution in [0.1, 0.15) is 37.8 Å². The molecule has 0 radical (unpaired) electrons. The molecule has 0 aliphatic heterocycles. The van der Waals surface area contributed by atoms with E-state index in [0.717, 1.165) is 24.8 Å². The quantitative estimate of drug-likeness (QED) is 0.769. The van der Waals surface area contributed by atoms with Gasteiger partial charge in [0.05, 0.1) is 20.8 Å². The molecule has 116 valence electrons. The van der Waals surface area contributed by atoms with Crippen molar-refractivity contribution in [2.45, 2.75) is 38.3 Å². The van der Waals surface area contributed by atoms with Crippen LogP contribution in [-0.2, 0) is 4.79 Å². The zero-order valence-electron chi connectivity index (χ0n) is 12.9. The van der Waals surface area contributed by atoms with E-state index in [4.69, 9.17) is 9.47 Å². The fourth-order valence-electron chi connectivity index (χ4n) is 2.29. The van der Waals surface area contributed by atoms with Gasteiger partial charge in [0.1, 0.15) is 0 Å². The van der Waals surface area contributed by atoms with Crippen LogP contribution in [0.25, 0.3) is 0 Å². The molecular weight excluding hydrogens is 268 g/mol. The highest BCUT2D eigenvalue weighted by Crippen LogP contribution is 2.30. The molecule has 2 N–H and O–H groups in total. The molecule has 1 unspecified atom stereocenters. The average molecular weight is 292 g/mol. The fourth-order valence-corrected chi connectivity index (χ4v) is 2.29. The lowest BCUT2D eigenvalue weighted by Crippen LogP contribution is -2.36. The molecule has 1 atom stereocenters. The molecule has 1 aliphatic rings. The smallest absolute Gasteiger partial charge is 0.234 e. The molecule has 5 heteroatoms. The number of nitrogens with one attached hydrogen (secondary N) is 2. The number of hydrogen-bond donors (Lipinski definition) is 2. The predicted octanol–water partition coefficient (Wildman–Crippen LogP) is 2.02. The summed E-state index contributed by atoms with van der Waals surface area (Å²) in [5, 5.41) is 6.28. The van der Waals surface area contributed by atoms with Gasteiger partial charge in [-0.2, -0.15) is 0 Å². The van der Waals surface area contributed by atoms with Crippen LogP contribution < -0.4 is 20.1 Å². The van der Waals surface area contributed by atoms with Crippen LogP contribution in [0.5, 0.6) is 11.5 Å². The molecule has 1 saturated carbocycles. The second-order valence-corrected chi connectivity index (χ2v) is 5.30. The number of benzene rings is 1. The van der Waals surface area contributed by atoms with Crippen LogP contribution in [0, 0.1) is 0 Å². The van der Waals surface area contributed by atoms with Gasteiger partial charge in [-0.3, -0.25) is 4.79 Å². The lowest BCUT2D eigenvalue weighted by molar-refractivity contribution is -0.120. The van der Waals surface area contributed by atoms with E-state index >= 15 is 0 Å². The molecule has 1 aromatic rings. The van der Waals surface area contributed by atoms with Crippen molar-refractivity contribution in [2.75, 3.05) is 20.8 Å². The highest BCUT2D eigenvalue weighted by atomic mass is 16.5. The standard InChI is InChI=1S/C16H24N2O3/c1-4-13(17-10-16(19)18-12-6-7-12)11-5-8-14(20-2)15(9-11)21-3/h5,8-9,12-13,17H,4,6-7,10H2,1-3H3,(H,18,19). The monoisotopic (exact) mass is 292 g/mol. The number of hydrogen-bond acceptors (Lipinski definition) is 4. The van der Waals surface area contributed by atoms with Crippen molar-refractivity contribution in [3.63, 3.8) is 0 Å². The molecule has 0 heterocycles. The first-order valence-electron chi connectivity index (χ1n) is 7.42. The lowest BCUT2D eigenvalue weighted by Gasteiger charge is -2.19. The molecule has 2 rings (SSSR count). The summed E-state index contributed by atoms with van der Waals surface area (Å²) in [6, 6.07) is 6.37. The molecule has 0 saturated heterocycles. The summed E-state index contributed by atoms with van der Waals surface area (Å²) in [6.45, 7) is 2.43. The fraction of sp³-hybridized carbons (Fsp3) is 0.562. The van der Waals surface area contributed by atoms with Gasteiger partial charge in [0.2, 0.25) is 5.91 Å². The Labute approximate surface area is 126 Å². The van der Waals surface area contributed by atoms with Gasteiger partial charge in [0.25, 0.3) is 0 Å². The van der Waals surface area contributed by atoms with Gasteiger partial charge in [-0.25, -0.2) is 0 Å². The molecule has 0 bridgehead atoms. The van der Waals surface area contributed by atoms with Crippen LogP contribution in [0.2, 0.25) is 0 Å². The van der Waals surface area contributed by atoms with Crippen LogP contribution in [0.4, 0.5) is 0 Å². The minimum Gasteiger partial charge on any atom is -0.493 e. The minimum absolute atomic E-state index is 0.0661. The van der Waals surface area contributed by atoms with Crippen molar-refractivity contribution in [1.29, 1.82) is 0 Å².